The van der Waals surface area contributed by atoms with Crippen LogP contribution >= 0.6 is 54.5 Å². The summed E-state index contributed by atoms with van der Waals surface area (Å²) in [6.45, 7) is 0. The molecule has 0 aliphatic heterocycles. The predicted molar refractivity (Wildman–Crippen MR) is 45.9 cm³/mol. The van der Waals surface area contributed by atoms with Crippen LogP contribution in [0.15, 0.2) is 0 Å². The van der Waals surface area contributed by atoms with Crippen molar-refractivity contribution in [3.63, 3.8) is 0 Å². The summed E-state index contributed by atoms with van der Waals surface area (Å²) in [6, 6.07) is 0. The molecule has 1 nitrogen and oxygen atoms in total. The Kier molecular flexibility index (Phi) is 8.69. The lowest BCUT2D eigenvalue weighted by atomic mass is 12.0. The minimum absolute atomic E-state index is 1.62. The largest absolute Gasteiger partial charge is 0.195 e. The van der Waals surface area contributed by atoms with Gasteiger partial charge in [-0.1, -0.05) is 10.8 Å². The third-order valence-corrected chi connectivity index (χ3v) is 4.66. The van der Waals surface area contributed by atoms with E-state index < -0.39 is 0 Å². The molecule has 0 atom stereocenters. The molecule has 0 rings (SSSR count). The number of hydrogen-bond acceptors (Lipinski definition) is 4. The second-order valence-corrected chi connectivity index (χ2v) is 5.64. The quantitative estimate of drug-likeness (QED) is 0.272. The van der Waals surface area contributed by atoms with Crippen molar-refractivity contribution in [2.45, 2.75) is 0 Å². The number of nitrogens with one attached hydrogen (secondary N) is 1. The van der Waals surface area contributed by atoms with Crippen molar-refractivity contribution in [1.29, 1.82) is 0 Å². The Balaban J connectivity index is 2.34. The van der Waals surface area contributed by atoms with Gasteiger partial charge < -0.3 is 0 Å². The van der Waals surface area contributed by atoms with Crippen LogP contribution in [0, 0.1) is 0 Å². The molecule has 0 aliphatic rings. The fraction of sp³-hybridized carbons (Fsp3) is 1.00. The molecule has 5 heteroatoms. The van der Waals surface area contributed by atoms with Crippen LogP contribution in [0.25, 0.3) is 0 Å². The molecular weight excluding hydrogens is 249 g/mol. The molecule has 0 saturated heterocycles. The van der Waals surface area contributed by atoms with E-state index in [-0.39, 0.29) is 0 Å². The summed E-state index contributed by atoms with van der Waals surface area (Å²) in [5.74, 6) is 0. The molecule has 0 heterocycles. The van der Waals surface area contributed by atoms with Gasteiger partial charge in [0.25, 0.3) is 0 Å². The second-order valence-electron chi connectivity index (χ2n) is 0.395. The minimum atomic E-state index is 1.62. The Morgan fingerprint density at radius 3 is 2.50 bits per heavy atom. The van der Waals surface area contributed by atoms with Crippen molar-refractivity contribution < 1.29 is 0 Å². The van der Waals surface area contributed by atoms with E-state index >= 15 is 0 Å². The van der Waals surface area contributed by atoms with E-state index in [2.05, 4.69) is 25.8 Å². The van der Waals surface area contributed by atoms with Crippen molar-refractivity contribution in [2.24, 2.45) is 0 Å². The van der Waals surface area contributed by atoms with Crippen molar-refractivity contribution >= 4 is 54.5 Å². The maximum Gasteiger partial charge on any atom is 0.0294 e. The van der Waals surface area contributed by atoms with Gasteiger partial charge in [-0.3, -0.25) is 0 Å². The van der Waals surface area contributed by atoms with Gasteiger partial charge in [0.1, 0.15) is 0 Å². The topological polar surface area (TPSA) is 12.0 Å². The van der Waals surface area contributed by atoms with E-state index in [4.69, 9.17) is 0 Å². The molecule has 0 radical (unpaired) electrons. The van der Waals surface area contributed by atoms with Crippen LogP contribution in [0.2, 0.25) is 0 Å². The first kappa shape index (κ1) is 7.74. The maximum absolute atomic E-state index is 2.90. The van der Waals surface area contributed by atoms with Crippen molar-refractivity contribution in [3.05, 3.63) is 0 Å². The van der Waals surface area contributed by atoms with Crippen LogP contribution in [0.4, 0.5) is 0 Å². The average Bonchev–Trinajstić information content (AvgIpc) is 1.61. The highest BCUT2D eigenvalue weighted by atomic mass is 127. The van der Waals surface area contributed by atoms with Gasteiger partial charge in [-0.25, -0.2) is 0 Å². The van der Waals surface area contributed by atoms with Crippen molar-refractivity contribution in [3.8, 4) is 0 Å². The smallest absolute Gasteiger partial charge is 0.0294 e. The van der Waals surface area contributed by atoms with E-state index in [9.17, 15) is 0 Å². The van der Waals surface area contributed by atoms with Crippen LogP contribution in [0.1, 0.15) is 0 Å². The van der Waals surface area contributed by atoms with Gasteiger partial charge in [-0.05, 0) is 16.1 Å². The molecule has 0 aromatic heterocycles. The first-order valence-electron chi connectivity index (χ1n) is 1.13. The molecule has 0 fully saturated rings. The highest BCUT2D eigenvalue weighted by Crippen LogP contribution is 2.29. The van der Waals surface area contributed by atoms with E-state index in [1.165, 1.54) is 0 Å². The molecule has 0 aromatic rings. The maximum atomic E-state index is 2.90. The van der Waals surface area contributed by atoms with Crippen LogP contribution in [-0.2, 0) is 0 Å². The first-order chi connectivity index (χ1) is 2.91. The summed E-state index contributed by atoms with van der Waals surface area (Å²) < 4.78 is 2.90. The van der Waals surface area contributed by atoms with Gasteiger partial charge >= 0.3 is 0 Å². The highest BCUT2D eigenvalue weighted by molar-refractivity contribution is 14.1. The molecule has 38 valence electrons. The molecule has 0 aromatic carbocycles. The van der Waals surface area contributed by atoms with Crippen molar-refractivity contribution in [1.82, 2.24) is 2.94 Å². The molecule has 6 heavy (non-hydrogen) atoms. The summed E-state index contributed by atoms with van der Waals surface area (Å²) in [7, 11) is 5.09. The van der Waals surface area contributed by atoms with E-state index in [1.54, 1.807) is 31.6 Å². The molecule has 0 amide bonds. The third-order valence-electron chi connectivity index (χ3n) is 0.134. The number of hydrogen-bond donors (Lipinski definition) is 1. The summed E-state index contributed by atoms with van der Waals surface area (Å²) in [6.07, 6.45) is 2.05. The molecule has 0 unspecified atom stereocenters. The Labute approximate surface area is 63.2 Å². The second kappa shape index (κ2) is 6.74. The zero-order valence-electron chi connectivity index (χ0n) is 3.10. The summed E-state index contributed by atoms with van der Waals surface area (Å²) in [5.41, 5.74) is 0. The normalized spacial score (nSPS) is 9.00. The van der Waals surface area contributed by atoms with Crippen LogP contribution in [0.5, 0.6) is 0 Å². The SMILES string of the molecule is CSSSNI. The van der Waals surface area contributed by atoms with Crippen molar-refractivity contribution in [2.75, 3.05) is 6.26 Å². The first-order valence-corrected chi connectivity index (χ1v) is 6.10. The van der Waals surface area contributed by atoms with Gasteiger partial charge in [-0.2, -0.15) is 2.94 Å². The third kappa shape index (κ3) is 5.74. The van der Waals surface area contributed by atoms with Gasteiger partial charge in [-0.15, -0.1) is 0 Å². The summed E-state index contributed by atoms with van der Waals surface area (Å²) in [5, 5.41) is 0. The molecule has 0 saturated carbocycles. The number of halogens is 1. The lowest BCUT2D eigenvalue weighted by molar-refractivity contribution is 1.91. The molecule has 0 spiro atoms. The molecular formula is CH4INS3. The molecule has 0 aliphatic carbocycles. The Bertz CT molecular complexity index is 22.8. The summed E-state index contributed by atoms with van der Waals surface area (Å²) in [4.78, 5) is 0. The predicted octanol–water partition coefficient (Wildman–Crippen LogP) is 2.50. The van der Waals surface area contributed by atoms with Gasteiger partial charge in [0.15, 0.2) is 0 Å². The van der Waals surface area contributed by atoms with Gasteiger partial charge in [0.05, 0.1) is 0 Å². The van der Waals surface area contributed by atoms with Gasteiger partial charge in [0, 0.05) is 33.8 Å². The Hall–Kier alpha value is 1.74. The zero-order valence-corrected chi connectivity index (χ0v) is 7.71. The fourth-order valence-electron chi connectivity index (χ4n) is 0.0469. The van der Waals surface area contributed by atoms with Crippen LogP contribution in [-0.4, -0.2) is 6.26 Å². The van der Waals surface area contributed by atoms with E-state index in [1.807, 2.05) is 6.26 Å². The lowest BCUT2D eigenvalue weighted by Crippen LogP contribution is -1.67. The Morgan fingerprint density at radius 1 is 1.67 bits per heavy atom. The zero-order chi connectivity index (χ0) is 4.83. The van der Waals surface area contributed by atoms with Gasteiger partial charge in [0.2, 0.25) is 0 Å². The minimum Gasteiger partial charge on any atom is -0.195 e. The molecule has 1 N–H and O–H groups in total. The van der Waals surface area contributed by atoms with E-state index in [0.717, 1.165) is 0 Å². The fourth-order valence-corrected chi connectivity index (χ4v) is 3.25. The number of rotatable bonds is 3. The van der Waals surface area contributed by atoms with Crippen LogP contribution in [0.3, 0.4) is 0 Å². The lowest BCUT2D eigenvalue weighted by Gasteiger charge is -1.85. The highest BCUT2D eigenvalue weighted by Gasteiger charge is 1.76. The standard InChI is InChI=1S/CH4INS3/c1-4-6-5-3-2/h3H,1H3. The van der Waals surface area contributed by atoms with Crippen LogP contribution < -0.4 is 2.94 Å². The molecule has 0 bridgehead atoms. The Morgan fingerprint density at radius 2 is 2.33 bits per heavy atom. The van der Waals surface area contributed by atoms with E-state index in [0.29, 0.717) is 0 Å². The average molecular weight is 253 g/mol. The monoisotopic (exact) mass is 253 g/mol. The summed E-state index contributed by atoms with van der Waals surface area (Å²) >= 11 is 2.09.